The average molecular weight is 544 g/mol. The van der Waals surface area contributed by atoms with Crippen molar-refractivity contribution in [3.63, 3.8) is 0 Å². The zero-order valence-corrected chi connectivity index (χ0v) is 22.3. The van der Waals surface area contributed by atoms with Crippen LogP contribution in [0.1, 0.15) is 13.8 Å². The first kappa shape index (κ1) is 25.8. The molecule has 0 aromatic carbocycles. The van der Waals surface area contributed by atoms with E-state index in [9.17, 15) is 24.0 Å². The summed E-state index contributed by atoms with van der Waals surface area (Å²) in [5, 5.41) is 0. The highest BCUT2D eigenvalue weighted by molar-refractivity contribution is 6.05. The van der Waals surface area contributed by atoms with E-state index in [1.54, 1.807) is 18.7 Å². The monoisotopic (exact) mass is 543 g/mol. The molecule has 0 saturated carbocycles. The number of ketones is 1. The summed E-state index contributed by atoms with van der Waals surface area (Å²) in [4.78, 5) is 67.9. The Labute approximate surface area is 223 Å². The molecule has 0 N–H and O–H groups in total. The van der Waals surface area contributed by atoms with Gasteiger partial charge in [0.1, 0.15) is 22.7 Å². The number of carbonyl (C=O) groups is 5. The van der Waals surface area contributed by atoms with Gasteiger partial charge in [0, 0.05) is 23.7 Å². The molecule has 0 aromatic rings. The Bertz CT molecular complexity index is 1310. The number of ether oxygens (including phenoxy) is 6. The van der Waals surface area contributed by atoms with Gasteiger partial charge in [0.05, 0.1) is 70.0 Å². The Hall–Kier alpha value is -3.51. The molecule has 0 amide bonds. The van der Waals surface area contributed by atoms with Gasteiger partial charge in [-0.05, 0) is 0 Å². The second-order valence-electron chi connectivity index (χ2n) is 10.8. The summed E-state index contributed by atoms with van der Waals surface area (Å²) >= 11 is 0. The van der Waals surface area contributed by atoms with Gasteiger partial charge in [-0.2, -0.15) is 0 Å². The van der Waals surface area contributed by atoms with Crippen LogP contribution in [0.2, 0.25) is 0 Å². The van der Waals surface area contributed by atoms with Crippen LogP contribution in [0.3, 0.4) is 0 Å². The van der Waals surface area contributed by atoms with E-state index in [-0.39, 0.29) is 28.5 Å². The molecule has 6 rings (SSSR count). The van der Waals surface area contributed by atoms with Gasteiger partial charge < -0.3 is 33.3 Å². The van der Waals surface area contributed by atoms with Gasteiger partial charge in [0.15, 0.2) is 0 Å². The number of Topliss-reactive ketones (excluding diaryl/α,β-unsaturated/α-hetero) is 1. The fourth-order valence-electron chi connectivity index (χ4n) is 8.42. The molecule has 4 saturated heterocycles. The van der Waals surface area contributed by atoms with Gasteiger partial charge in [-0.25, -0.2) is 19.2 Å². The fourth-order valence-corrected chi connectivity index (χ4v) is 8.42. The number of rotatable bonds is 5. The van der Waals surface area contributed by atoms with E-state index in [0.717, 1.165) is 6.08 Å². The molecule has 6 aliphatic heterocycles. The Balaban J connectivity index is 1.71. The Kier molecular flexibility index (Phi) is 5.45. The van der Waals surface area contributed by atoms with Crippen LogP contribution < -0.4 is 0 Å². The summed E-state index contributed by atoms with van der Waals surface area (Å²) in [5.74, 6) is -5.69. The number of piperidine rings is 2. The van der Waals surface area contributed by atoms with Crippen molar-refractivity contribution in [2.24, 2.45) is 23.7 Å². The molecule has 0 aliphatic carbocycles. The van der Waals surface area contributed by atoms with Crippen LogP contribution in [0.15, 0.2) is 35.1 Å². The van der Waals surface area contributed by atoms with Crippen molar-refractivity contribution in [3.8, 4) is 0 Å². The van der Waals surface area contributed by atoms with E-state index in [2.05, 4.69) is 0 Å². The number of esters is 4. The third kappa shape index (κ3) is 2.78. The smallest absolute Gasteiger partial charge is 0.354 e. The molecule has 0 aromatic heterocycles. The topological polar surface area (TPSA) is 144 Å². The minimum atomic E-state index is -1.61. The van der Waals surface area contributed by atoms with E-state index in [4.69, 9.17) is 28.4 Å². The lowest BCUT2D eigenvalue weighted by Gasteiger charge is -2.65. The molecule has 6 bridgehead atoms. The normalized spacial score (nSPS) is 42.5. The molecule has 39 heavy (non-hydrogen) atoms. The highest BCUT2D eigenvalue weighted by atomic mass is 16.6. The Morgan fingerprint density at radius 1 is 0.923 bits per heavy atom. The van der Waals surface area contributed by atoms with E-state index in [1.165, 1.54) is 28.4 Å². The first-order chi connectivity index (χ1) is 18.5. The van der Waals surface area contributed by atoms with E-state index in [1.807, 2.05) is 12.2 Å². The quantitative estimate of drug-likeness (QED) is 0.197. The highest BCUT2D eigenvalue weighted by Crippen LogP contribution is 2.73. The van der Waals surface area contributed by atoms with Crippen molar-refractivity contribution in [2.45, 2.75) is 49.3 Å². The van der Waals surface area contributed by atoms with Crippen LogP contribution in [0.4, 0.5) is 0 Å². The third-order valence-corrected chi connectivity index (χ3v) is 9.48. The summed E-state index contributed by atoms with van der Waals surface area (Å²) in [5.41, 5.74) is -3.03. The second-order valence-corrected chi connectivity index (χ2v) is 10.8. The maximum Gasteiger partial charge on any atom is 0.354 e. The van der Waals surface area contributed by atoms with Gasteiger partial charge in [-0.1, -0.05) is 26.0 Å². The number of fused-ring (bicyclic) bond motifs is 6. The number of hydrogen-bond donors (Lipinski definition) is 0. The summed E-state index contributed by atoms with van der Waals surface area (Å²) in [7, 11) is 4.74. The highest BCUT2D eigenvalue weighted by Gasteiger charge is 2.86. The minimum Gasteiger partial charge on any atom is -0.466 e. The minimum absolute atomic E-state index is 0.0125. The van der Waals surface area contributed by atoms with E-state index in [0.29, 0.717) is 0 Å². The summed E-state index contributed by atoms with van der Waals surface area (Å²) in [6.45, 7) is 3.45. The summed E-state index contributed by atoms with van der Waals surface area (Å²) in [6.07, 6.45) is 3.37. The molecule has 6 aliphatic rings. The standard InChI is InChI=1S/C27H29NO11/c1-10-18(30)11(2)22-27-17(25(33)37-6)16(24(32)36-5)19(39-27)15-13-7-8-26(38-13,20(15)27)21(10)28(22)12(23(31)35-4)9-14(29)34-3/h7-11,13,15,19-22H,1-6H3/b12-9+/t10-,11+,13+,15-,19+,20+,21-,22+,26-,27+/m1/s1. The zero-order valence-electron chi connectivity index (χ0n) is 22.3. The molecular weight excluding hydrogens is 514 g/mol. The molecule has 10 atom stereocenters. The molecule has 208 valence electrons. The first-order valence-corrected chi connectivity index (χ1v) is 12.7. The van der Waals surface area contributed by atoms with E-state index >= 15 is 0 Å². The number of methoxy groups -OCH3 is 4. The van der Waals surface area contributed by atoms with Crippen molar-refractivity contribution >= 4 is 29.7 Å². The fraction of sp³-hybridized carbons (Fsp3) is 0.593. The van der Waals surface area contributed by atoms with Gasteiger partial charge in [0.25, 0.3) is 0 Å². The van der Waals surface area contributed by atoms with Crippen molar-refractivity contribution in [3.05, 3.63) is 35.1 Å². The zero-order chi connectivity index (χ0) is 28.2. The molecule has 0 unspecified atom stereocenters. The maximum atomic E-state index is 13.8. The van der Waals surface area contributed by atoms with Crippen LogP contribution in [-0.4, -0.2) is 98.5 Å². The van der Waals surface area contributed by atoms with Crippen LogP contribution in [-0.2, 0) is 52.4 Å². The molecule has 4 fully saturated rings. The largest absolute Gasteiger partial charge is 0.466 e. The third-order valence-electron chi connectivity index (χ3n) is 9.48. The van der Waals surface area contributed by atoms with E-state index < -0.39 is 77.1 Å². The van der Waals surface area contributed by atoms with Crippen LogP contribution in [0.5, 0.6) is 0 Å². The van der Waals surface area contributed by atoms with Gasteiger partial charge in [-0.15, -0.1) is 0 Å². The molecule has 12 heteroatoms. The molecule has 12 nitrogen and oxygen atoms in total. The van der Waals surface area contributed by atoms with Crippen LogP contribution in [0.25, 0.3) is 0 Å². The maximum absolute atomic E-state index is 13.8. The molecule has 0 radical (unpaired) electrons. The predicted octanol–water partition coefficient (Wildman–Crippen LogP) is -0.142. The van der Waals surface area contributed by atoms with Gasteiger partial charge in [0.2, 0.25) is 0 Å². The van der Waals surface area contributed by atoms with Crippen LogP contribution >= 0.6 is 0 Å². The van der Waals surface area contributed by atoms with Crippen molar-refractivity contribution in [1.29, 1.82) is 0 Å². The molecule has 6 heterocycles. The SMILES string of the molecule is COC(=O)/C=C(\C(=O)OC)N1[C@H]2[C@@H](C)C(=O)[C@@H](C)[C@@H]1[C@]13C=C[C@H](O1)[C@@H]1[C@@H]4O[C@@]2(C(C(=O)OC)=C4C(=O)OC)[C@@H]13. The molecular formula is C27H29NO11. The lowest BCUT2D eigenvalue weighted by Crippen LogP contribution is -2.80. The second kappa shape index (κ2) is 8.25. The summed E-state index contributed by atoms with van der Waals surface area (Å²) in [6, 6.07) is -1.76. The Morgan fingerprint density at radius 2 is 1.59 bits per heavy atom. The van der Waals surface area contributed by atoms with Crippen molar-refractivity contribution < 1.29 is 52.4 Å². The number of hydrogen-bond acceptors (Lipinski definition) is 12. The van der Waals surface area contributed by atoms with Gasteiger partial charge in [-0.3, -0.25) is 4.79 Å². The average Bonchev–Trinajstić information content (AvgIpc) is 3.69. The Morgan fingerprint density at radius 3 is 2.21 bits per heavy atom. The van der Waals surface area contributed by atoms with Crippen molar-refractivity contribution in [2.75, 3.05) is 28.4 Å². The number of nitrogens with zero attached hydrogens (tertiary/aromatic N) is 1. The first-order valence-electron chi connectivity index (χ1n) is 12.7. The molecule has 2 spiro atoms. The lowest BCUT2D eigenvalue weighted by molar-refractivity contribution is -0.216. The predicted molar refractivity (Wildman–Crippen MR) is 127 cm³/mol. The summed E-state index contributed by atoms with van der Waals surface area (Å²) < 4.78 is 33.5. The van der Waals surface area contributed by atoms with Crippen molar-refractivity contribution in [1.82, 2.24) is 4.90 Å². The lowest BCUT2D eigenvalue weighted by atomic mass is 9.49. The number of carbonyl (C=O) groups excluding carboxylic acids is 5. The van der Waals surface area contributed by atoms with Gasteiger partial charge >= 0.3 is 23.9 Å². The van der Waals surface area contributed by atoms with Crippen LogP contribution in [0, 0.1) is 23.7 Å².